The van der Waals surface area contributed by atoms with Crippen LogP contribution in [0.2, 0.25) is 0 Å². The van der Waals surface area contributed by atoms with Crippen molar-refractivity contribution in [2.75, 3.05) is 26.4 Å². The first kappa shape index (κ1) is 86.4. The van der Waals surface area contributed by atoms with E-state index in [1.54, 1.807) is 0 Å². The van der Waals surface area contributed by atoms with Crippen LogP contribution in [0.15, 0.2) is 170 Å². The minimum absolute atomic E-state index is 0.0398. The molecule has 0 saturated carbocycles. The van der Waals surface area contributed by atoms with Crippen molar-refractivity contribution in [2.24, 2.45) is 5.73 Å². The van der Waals surface area contributed by atoms with Crippen LogP contribution in [-0.2, 0) is 32.7 Å². The summed E-state index contributed by atoms with van der Waals surface area (Å²) in [5.41, 5.74) is 5.40. The molecule has 3 N–H and O–H groups in total. The fourth-order valence-electron chi connectivity index (χ4n) is 9.71. The van der Waals surface area contributed by atoms with E-state index in [0.717, 1.165) is 122 Å². The number of hydrogen-bond acceptors (Lipinski definition) is 8. The quantitative estimate of drug-likeness (QED) is 0.0264. The molecule has 10 heteroatoms. The van der Waals surface area contributed by atoms with E-state index in [9.17, 15) is 19.0 Å². The van der Waals surface area contributed by atoms with E-state index < -0.39 is 32.5 Å². The molecule has 2 unspecified atom stereocenters. The van der Waals surface area contributed by atoms with Crippen LogP contribution >= 0.6 is 7.82 Å². The molecule has 0 radical (unpaired) electrons. The number of phosphoric acid groups is 1. The van der Waals surface area contributed by atoms with Gasteiger partial charge in [-0.15, -0.1) is 0 Å². The number of rotatable bonds is 67. The molecule has 2 atom stereocenters. The Labute approximate surface area is 559 Å². The van der Waals surface area contributed by atoms with E-state index >= 15 is 0 Å². The van der Waals surface area contributed by atoms with Gasteiger partial charge in [0.1, 0.15) is 6.61 Å². The number of allylic oxidation sites excluding steroid dienone is 28. The summed E-state index contributed by atoms with van der Waals surface area (Å²) in [5, 5.41) is 0. The molecule has 9 nitrogen and oxygen atoms in total. The predicted octanol–water partition coefficient (Wildman–Crippen LogP) is 24.5. The van der Waals surface area contributed by atoms with Crippen LogP contribution in [0, 0.1) is 0 Å². The predicted molar refractivity (Wildman–Crippen MR) is 394 cm³/mol. The smallest absolute Gasteiger partial charge is 0.462 e. The lowest BCUT2D eigenvalue weighted by Crippen LogP contribution is -2.29. The Morgan fingerprint density at radius 2 is 0.604 bits per heavy atom. The number of unbranched alkanes of at least 4 members (excludes halogenated alkanes) is 26. The number of phosphoric ester groups is 1. The lowest BCUT2D eigenvalue weighted by atomic mass is 10.0. The molecule has 91 heavy (non-hydrogen) atoms. The summed E-state index contributed by atoms with van der Waals surface area (Å²) in [5.74, 6) is -0.870. The zero-order valence-corrected chi connectivity index (χ0v) is 58.9. The van der Waals surface area contributed by atoms with Crippen LogP contribution in [0.25, 0.3) is 0 Å². The van der Waals surface area contributed by atoms with Crippen molar-refractivity contribution < 1.29 is 37.6 Å². The Morgan fingerprint density at radius 3 is 0.912 bits per heavy atom. The molecule has 0 spiro atoms. The number of carbonyl (C=O) groups excluding carboxylic acids is 2. The molecule has 0 aromatic carbocycles. The van der Waals surface area contributed by atoms with Crippen LogP contribution < -0.4 is 5.73 Å². The Bertz CT molecular complexity index is 2100. The van der Waals surface area contributed by atoms with Gasteiger partial charge >= 0.3 is 19.8 Å². The van der Waals surface area contributed by atoms with E-state index in [2.05, 4.69) is 184 Å². The summed E-state index contributed by atoms with van der Waals surface area (Å²) >= 11 is 0. The summed E-state index contributed by atoms with van der Waals surface area (Å²) in [4.78, 5) is 35.4. The van der Waals surface area contributed by atoms with Crippen molar-refractivity contribution in [2.45, 2.75) is 302 Å². The molecule has 0 aromatic rings. The van der Waals surface area contributed by atoms with Crippen LogP contribution in [-0.4, -0.2) is 49.3 Å². The van der Waals surface area contributed by atoms with Gasteiger partial charge in [0.2, 0.25) is 0 Å². The third-order valence-electron chi connectivity index (χ3n) is 15.1. The Balaban J connectivity index is 3.99. The summed E-state index contributed by atoms with van der Waals surface area (Å²) in [7, 11) is -4.42. The molecular formula is C81H134NO8P. The van der Waals surface area contributed by atoms with Gasteiger partial charge in [0, 0.05) is 19.4 Å². The van der Waals surface area contributed by atoms with Crippen LogP contribution in [0.4, 0.5) is 0 Å². The second-order valence-corrected chi connectivity index (χ2v) is 25.2. The van der Waals surface area contributed by atoms with Gasteiger partial charge in [-0.2, -0.15) is 0 Å². The second-order valence-electron chi connectivity index (χ2n) is 23.7. The highest BCUT2D eigenvalue weighted by Gasteiger charge is 2.26. The van der Waals surface area contributed by atoms with Crippen LogP contribution in [0.5, 0.6) is 0 Å². The standard InChI is InChI=1S/C81H134NO8P/c1-3-5-7-9-11-13-15-17-19-21-23-25-27-29-31-33-35-37-38-39-40-42-44-46-48-50-52-54-56-58-60-62-64-66-68-70-72-74-81(84)90-79(78-89-91(85,86)88-76-75-82)77-87-80(83)73-71-69-67-65-63-61-59-57-55-53-51-49-47-45-43-41-36-34-32-30-28-26-24-22-20-18-16-14-12-10-8-6-4-2/h5,7,11,13,16-19,22-25,28-31,35,37,39-40,44,46,50,52,56,58,62,64,79H,3-4,6,8-10,12,14-15,20-21,26-27,32-34,36,38,41-43,45,47-49,51,53-55,57,59-61,63,65-78,82H2,1-2H3,(H,85,86)/b7-5-,13-11-,18-16-,19-17-,24-22-,25-23-,30-28-,31-29-,37-35-,40-39-,46-44-,52-50-,58-56-,64-62-. The summed E-state index contributed by atoms with van der Waals surface area (Å²) in [6.45, 7) is 3.58. The highest BCUT2D eigenvalue weighted by atomic mass is 31.2. The van der Waals surface area contributed by atoms with Gasteiger partial charge in [-0.25, -0.2) is 4.57 Å². The number of ether oxygens (including phenoxy) is 2. The maximum atomic E-state index is 12.8. The minimum atomic E-state index is -4.42. The van der Waals surface area contributed by atoms with E-state index in [1.165, 1.54) is 141 Å². The lowest BCUT2D eigenvalue weighted by molar-refractivity contribution is -0.161. The summed E-state index contributed by atoms with van der Waals surface area (Å²) in [6.07, 6.45) is 110. The molecule has 0 bridgehead atoms. The maximum absolute atomic E-state index is 12.8. The minimum Gasteiger partial charge on any atom is -0.462 e. The highest BCUT2D eigenvalue weighted by molar-refractivity contribution is 7.47. The van der Waals surface area contributed by atoms with Crippen molar-refractivity contribution in [3.63, 3.8) is 0 Å². The SMILES string of the molecule is CC/C=C\C/C=C\C/C=C\C/C=C\C/C=C\C/C=C\C/C=C\C/C=C\C/C=C\C/C=C\C/C=C\CCCCCC(=O)OC(COC(=O)CCCCCCCCCCCCCCCCCCCC/C=C\C/C=C\C/C=C\CCCCCCC)COP(=O)(O)OCCN. The summed E-state index contributed by atoms with van der Waals surface area (Å²) < 4.78 is 33.2. The zero-order valence-electron chi connectivity index (χ0n) is 58.0. The molecule has 516 valence electrons. The van der Waals surface area contributed by atoms with E-state index in [-0.39, 0.29) is 32.6 Å². The maximum Gasteiger partial charge on any atom is 0.472 e. The normalized spacial score (nSPS) is 13.9. The van der Waals surface area contributed by atoms with Crippen LogP contribution in [0.1, 0.15) is 296 Å². The van der Waals surface area contributed by atoms with E-state index in [4.69, 9.17) is 24.3 Å². The largest absolute Gasteiger partial charge is 0.472 e. The molecule has 0 aliphatic rings. The summed E-state index contributed by atoms with van der Waals surface area (Å²) in [6, 6.07) is 0. The van der Waals surface area contributed by atoms with Gasteiger partial charge in [-0.1, -0.05) is 319 Å². The molecule has 0 aromatic heterocycles. The first-order valence-electron chi connectivity index (χ1n) is 36.6. The van der Waals surface area contributed by atoms with Gasteiger partial charge in [-0.05, 0) is 135 Å². The van der Waals surface area contributed by atoms with Gasteiger partial charge in [0.15, 0.2) is 6.10 Å². The van der Waals surface area contributed by atoms with Crippen molar-refractivity contribution >= 4 is 19.8 Å². The number of carbonyl (C=O) groups is 2. The Morgan fingerprint density at radius 1 is 0.341 bits per heavy atom. The Kier molecular flexibility index (Phi) is 70.6. The average Bonchev–Trinajstić information content (AvgIpc) is 3.74. The average molecular weight is 1280 g/mol. The van der Waals surface area contributed by atoms with E-state index in [1.807, 2.05) is 0 Å². The first-order valence-corrected chi connectivity index (χ1v) is 38.1. The van der Waals surface area contributed by atoms with Crippen LogP contribution in [0.3, 0.4) is 0 Å². The fourth-order valence-corrected chi connectivity index (χ4v) is 10.5. The van der Waals surface area contributed by atoms with Gasteiger partial charge < -0.3 is 20.1 Å². The topological polar surface area (TPSA) is 134 Å². The molecule has 0 heterocycles. The molecule has 0 rings (SSSR count). The van der Waals surface area contributed by atoms with Crippen molar-refractivity contribution in [3.8, 4) is 0 Å². The van der Waals surface area contributed by atoms with Gasteiger partial charge in [-0.3, -0.25) is 18.6 Å². The van der Waals surface area contributed by atoms with Gasteiger partial charge in [0.25, 0.3) is 0 Å². The molecule has 0 saturated heterocycles. The number of hydrogen-bond donors (Lipinski definition) is 2. The zero-order chi connectivity index (χ0) is 65.8. The molecule has 0 fully saturated rings. The second kappa shape index (κ2) is 74.4. The number of esters is 2. The molecule has 0 aliphatic heterocycles. The Hall–Kier alpha value is -4.63. The van der Waals surface area contributed by atoms with Crippen molar-refractivity contribution in [1.29, 1.82) is 0 Å². The number of nitrogens with two attached hydrogens (primary N) is 1. The van der Waals surface area contributed by atoms with Crippen molar-refractivity contribution in [3.05, 3.63) is 170 Å². The molecule has 0 aliphatic carbocycles. The fraction of sp³-hybridized carbons (Fsp3) is 0.630. The van der Waals surface area contributed by atoms with E-state index in [0.29, 0.717) is 6.42 Å². The third-order valence-corrected chi connectivity index (χ3v) is 16.1. The lowest BCUT2D eigenvalue weighted by Gasteiger charge is -2.19. The molecular weight excluding hydrogens is 1150 g/mol. The third kappa shape index (κ3) is 74.3. The first-order chi connectivity index (χ1) is 44.8. The monoisotopic (exact) mass is 1280 g/mol. The van der Waals surface area contributed by atoms with Crippen molar-refractivity contribution in [1.82, 2.24) is 0 Å². The van der Waals surface area contributed by atoms with Gasteiger partial charge in [0.05, 0.1) is 13.2 Å². The highest BCUT2D eigenvalue weighted by Crippen LogP contribution is 2.43. The molecule has 0 amide bonds.